The van der Waals surface area contributed by atoms with Gasteiger partial charge in [0.05, 0.1) is 12.0 Å². The summed E-state index contributed by atoms with van der Waals surface area (Å²) in [6, 6.07) is 8.37. The van der Waals surface area contributed by atoms with Crippen LogP contribution in [0.1, 0.15) is 66.9 Å². The molecule has 0 bridgehead atoms. The number of benzene rings is 1. The van der Waals surface area contributed by atoms with E-state index in [4.69, 9.17) is 10.3 Å². The quantitative estimate of drug-likeness (QED) is 0.938. The van der Waals surface area contributed by atoms with Gasteiger partial charge in [0.2, 0.25) is 5.89 Å². The van der Waals surface area contributed by atoms with E-state index in [1.165, 1.54) is 43.2 Å². The first-order valence-electron chi connectivity index (χ1n) is 8.00. The first-order valence-corrected chi connectivity index (χ1v) is 8.00. The molecule has 4 heteroatoms. The van der Waals surface area contributed by atoms with Gasteiger partial charge in [-0.15, -0.1) is 0 Å². The molecular formula is C17H21N3O. The second-order valence-electron chi connectivity index (χ2n) is 6.37. The third-order valence-corrected chi connectivity index (χ3v) is 5.07. The van der Waals surface area contributed by atoms with E-state index >= 15 is 0 Å². The first-order chi connectivity index (χ1) is 10.3. The van der Waals surface area contributed by atoms with Crippen molar-refractivity contribution in [1.82, 2.24) is 10.1 Å². The molecule has 0 radical (unpaired) electrons. The molecule has 1 aromatic carbocycles. The van der Waals surface area contributed by atoms with Crippen molar-refractivity contribution in [3.8, 4) is 0 Å². The summed E-state index contributed by atoms with van der Waals surface area (Å²) in [7, 11) is 0. The number of nitrogens with zero attached hydrogens (tertiary/aromatic N) is 2. The standard InChI is InChI=1S/C17H21N3O/c18-15(11-6-2-1-3-7-11)17-19-16(20-21-17)14-10-12-8-4-5-9-13(12)14/h4-5,8-9,11,14-15H,1-3,6-7,10,18H2. The lowest BCUT2D eigenvalue weighted by atomic mass is 9.77. The summed E-state index contributed by atoms with van der Waals surface area (Å²) >= 11 is 0. The molecule has 2 unspecified atom stereocenters. The molecule has 0 amide bonds. The van der Waals surface area contributed by atoms with Crippen molar-refractivity contribution in [3.05, 3.63) is 47.1 Å². The van der Waals surface area contributed by atoms with E-state index in [-0.39, 0.29) is 12.0 Å². The molecule has 2 N–H and O–H groups in total. The molecule has 110 valence electrons. The minimum absolute atomic E-state index is 0.0955. The maximum Gasteiger partial charge on any atom is 0.243 e. The summed E-state index contributed by atoms with van der Waals surface area (Å²) in [6.07, 6.45) is 7.26. The Bertz CT molecular complexity index is 630. The van der Waals surface area contributed by atoms with Crippen molar-refractivity contribution in [1.29, 1.82) is 0 Å². The summed E-state index contributed by atoms with van der Waals surface area (Å²) in [4.78, 5) is 4.60. The molecular weight excluding hydrogens is 262 g/mol. The van der Waals surface area contributed by atoms with Crippen LogP contribution in [0.25, 0.3) is 0 Å². The molecule has 4 nitrogen and oxygen atoms in total. The van der Waals surface area contributed by atoms with Crippen LogP contribution in [0.4, 0.5) is 0 Å². The highest BCUT2D eigenvalue weighted by Crippen LogP contribution is 2.39. The maximum atomic E-state index is 6.34. The van der Waals surface area contributed by atoms with E-state index in [0.29, 0.717) is 11.8 Å². The SMILES string of the molecule is NC(c1nc(C2Cc3ccccc32)no1)C1CCCCC1. The summed E-state index contributed by atoms with van der Waals surface area (Å²) in [6.45, 7) is 0. The van der Waals surface area contributed by atoms with Crippen LogP contribution in [0.15, 0.2) is 28.8 Å². The topological polar surface area (TPSA) is 64.9 Å². The van der Waals surface area contributed by atoms with Gasteiger partial charge in [0.15, 0.2) is 5.82 Å². The lowest BCUT2D eigenvalue weighted by molar-refractivity contribution is 0.255. The number of fused-ring (bicyclic) bond motifs is 1. The second-order valence-corrected chi connectivity index (χ2v) is 6.37. The van der Waals surface area contributed by atoms with Gasteiger partial charge in [-0.1, -0.05) is 48.7 Å². The van der Waals surface area contributed by atoms with Crippen molar-refractivity contribution in [2.45, 2.75) is 50.5 Å². The molecule has 1 aromatic heterocycles. The Balaban J connectivity index is 1.51. The molecule has 2 aromatic rings. The Labute approximate surface area is 124 Å². The number of aromatic nitrogens is 2. The van der Waals surface area contributed by atoms with Crippen LogP contribution < -0.4 is 5.73 Å². The molecule has 0 aliphatic heterocycles. The van der Waals surface area contributed by atoms with E-state index in [0.717, 1.165) is 12.2 Å². The molecule has 21 heavy (non-hydrogen) atoms. The molecule has 1 fully saturated rings. The Kier molecular flexibility index (Phi) is 3.26. The third-order valence-electron chi connectivity index (χ3n) is 5.07. The van der Waals surface area contributed by atoms with Crippen molar-refractivity contribution < 1.29 is 4.52 Å². The predicted octanol–water partition coefficient (Wildman–Crippen LogP) is 3.34. The molecule has 1 heterocycles. The second kappa shape index (κ2) is 5.26. The summed E-state index contributed by atoms with van der Waals surface area (Å²) < 4.78 is 5.47. The van der Waals surface area contributed by atoms with E-state index in [1.807, 2.05) is 0 Å². The molecule has 0 spiro atoms. The molecule has 0 saturated heterocycles. The smallest absolute Gasteiger partial charge is 0.243 e. The predicted molar refractivity (Wildman–Crippen MR) is 79.8 cm³/mol. The van der Waals surface area contributed by atoms with Crippen LogP contribution in [-0.2, 0) is 6.42 Å². The average molecular weight is 283 g/mol. The minimum atomic E-state index is -0.0955. The normalized spacial score (nSPS) is 23.4. The van der Waals surface area contributed by atoms with Gasteiger partial charge in [-0.05, 0) is 36.3 Å². The van der Waals surface area contributed by atoms with Gasteiger partial charge in [0, 0.05) is 0 Å². The van der Waals surface area contributed by atoms with E-state index < -0.39 is 0 Å². The van der Waals surface area contributed by atoms with E-state index in [2.05, 4.69) is 34.4 Å². The van der Waals surface area contributed by atoms with Gasteiger partial charge in [-0.3, -0.25) is 0 Å². The fourth-order valence-electron chi connectivity index (χ4n) is 3.71. The summed E-state index contributed by atoms with van der Waals surface area (Å²) in [5.41, 5.74) is 9.06. The van der Waals surface area contributed by atoms with E-state index in [1.54, 1.807) is 0 Å². The largest absolute Gasteiger partial charge is 0.338 e. The van der Waals surface area contributed by atoms with Crippen molar-refractivity contribution in [2.24, 2.45) is 11.7 Å². The van der Waals surface area contributed by atoms with Crippen molar-refractivity contribution in [3.63, 3.8) is 0 Å². The molecule has 2 atom stereocenters. The highest BCUT2D eigenvalue weighted by Gasteiger charge is 2.33. The lowest BCUT2D eigenvalue weighted by Crippen LogP contribution is -2.24. The van der Waals surface area contributed by atoms with Gasteiger partial charge in [-0.2, -0.15) is 4.98 Å². The van der Waals surface area contributed by atoms with Crippen molar-refractivity contribution in [2.75, 3.05) is 0 Å². The summed E-state index contributed by atoms with van der Waals surface area (Å²) in [5.74, 6) is 2.22. The van der Waals surface area contributed by atoms with Gasteiger partial charge in [0.1, 0.15) is 0 Å². The monoisotopic (exact) mass is 283 g/mol. The number of rotatable bonds is 3. The molecule has 2 aliphatic rings. The molecule has 2 aliphatic carbocycles. The fraction of sp³-hybridized carbons (Fsp3) is 0.529. The third kappa shape index (κ3) is 2.27. The van der Waals surface area contributed by atoms with Gasteiger partial charge >= 0.3 is 0 Å². The Morgan fingerprint density at radius 1 is 1.14 bits per heavy atom. The van der Waals surface area contributed by atoms with Crippen LogP contribution in [0, 0.1) is 5.92 Å². The minimum Gasteiger partial charge on any atom is -0.338 e. The Hall–Kier alpha value is -1.68. The lowest BCUT2D eigenvalue weighted by Gasteiger charge is -2.27. The van der Waals surface area contributed by atoms with Crippen LogP contribution in [0.2, 0.25) is 0 Å². The van der Waals surface area contributed by atoms with Gasteiger partial charge < -0.3 is 10.3 Å². The van der Waals surface area contributed by atoms with Crippen LogP contribution in [0.5, 0.6) is 0 Å². The van der Waals surface area contributed by atoms with Gasteiger partial charge in [0.25, 0.3) is 0 Å². The van der Waals surface area contributed by atoms with Crippen LogP contribution >= 0.6 is 0 Å². The zero-order valence-electron chi connectivity index (χ0n) is 12.2. The number of hydrogen-bond donors (Lipinski definition) is 1. The average Bonchev–Trinajstić information content (AvgIpc) is 2.98. The maximum absolute atomic E-state index is 6.34. The molecule has 4 rings (SSSR count). The van der Waals surface area contributed by atoms with Crippen molar-refractivity contribution >= 4 is 0 Å². The van der Waals surface area contributed by atoms with Gasteiger partial charge in [-0.25, -0.2) is 0 Å². The Morgan fingerprint density at radius 2 is 1.95 bits per heavy atom. The Morgan fingerprint density at radius 3 is 2.76 bits per heavy atom. The first kappa shape index (κ1) is 13.0. The number of hydrogen-bond acceptors (Lipinski definition) is 4. The number of nitrogens with two attached hydrogens (primary N) is 1. The van der Waals surface area contributed by atoms with E-state index in [9.17, 15) is 0 Å². The van der Waals surface area contributed by atoms with Crippen LogP contribution in [-0.4, -0.2) is 10.1 Å². The zero-order valence-corrected chi connectivity index (χ0v) is 12.2. The highest BCUT2D eigenvalue weighted by molar-refractivity contribution is 5.43. The fourth-order valence-corrected chi connectivity index (χ4v) is 3.71. The highest BCUT2D eigenvalue weighted by atomic mass is 16.5. The molecule has 1 saturated carbocycles. The zero-order chi connectivity index (χ0) is 14.2. The van der Waals surface area contributed by atoms with Crippen LogP contribution in [0.3, 0.4) is 0 Å². The summed E-state index contributed by atoms with van der Waals surface area (Å²) in [5, 5.41) is 4.19.